The summed E-state index contributed by atoms with van der Waals surface area (Å²) in [5.74, 6) is -0.220. The van der Waals surface area contributed by atoms with Crippen molar-refractivity contribution in [1.29, 1.82) is 0 Å². The lowest BCUT2D eigenvalue weighted by Gasteiger charge is -2.09. The highest BCUT2D eigenvalue weighted by Crippen LogP contribution is 2.39. The zero-order valence-electron chi connectivity index (χ0n) is 11.0. The Kier molecular flexibility index (Phi) is 3.70. The van der Waals surface area contributed by atoms with Crippen LogP contribution >= 0.6 is 0 Å². The van der Waals surface area contributed by atoms with E-state index in [9.17, 15) is 20.2 Å². The fraction of sp³-hybridized carbons (Fsp3) is 0.0769. The van der Waals surface area contributed by atoms with E-state index in [0.717, 1.165) is 0 Å². The van der Waals surface area contributed by atoms with Crippen LogP contribution in [0.15, 0.2) is 36.4 Å². The predicted octanol–water partition coefficient (Wildman–Crippen LogP) is 3.19. The number of aryl methyl sites for hydroxylation is 1. The summed E-state index contributed by atoms with van der Waals surface area (Å²) in [6.45, 7) is 1.55. The number of nitrogen functional groups attached to an aromatic ring is 1. The number of ether oxygens (including phenoxy) is 1. The summed E-state index contributed by atoms with van der Waals surface area (Å²) in [7, 11) is 0. The molecular formula is C13H11N3O5. The summed E-state index contributed by atoms with van der Waals surface area (Å²) in [6, 6.07) is 8.65. The molecule has 0 aliphatic heterocycles. The van der Waals surface area contributed by atoms with Crippen molar-refractivity contribution in [2.24, 2.45) is 0 Å². The molecule has 21 heavy (non-hydrogen) atoms. The van der Waals surface area contributed by atoms with Gasteiger partial charge in [-0.15, -0.1) is 0 Å². The average Bonchev–Trinajstić information content (AvgIpc) is 2.37. The van der Waals surface area contributed by atoms with Crippen LogP contribution in [0.25, 0.3) is 0 Å². The Morgan fingerprint density at radius 3 is 2.05 bits per heavy atom. The van der Waals surface area contributed by atoms with Crippen molar-refractivity contribution in [2.75, 3.05) is 5.73 Å². The van der Waals surface area contributed by atoms with Gasteiger partial charge >= 0.3 is 11.4 Å². The number of nitro groups is 2. The summed E-state index contributed by atoms with van der Waals surface area (Å²) in [5, 5.41) is 22.1. The summed E-state index contributed by atoms with van der Waals surface area (Å²) >= 11 is 0. The Balaban J connectivity index is 2.54. The first-order valence-electron chi connectivity index (χ1n) is 5.86. The van der Waals surface area contributed by atoms with Gasteiger partial charge in [0.2, 0.25) is 11.5 Å². The molecule has 0 unspecified atom stereocenters. The third kappa shape index (κ3) is 2.73. The molecule has 0 saturated heterocycles. The van der Waals surface area contributed by atoms with Crippen LogP contribution in [0.5, 0.6) is 11.5 Å². The van der Waals surface area contributed by atoms with Gasteiger partial charge in [0.1, 0.15) is 5.69 Å². The molecule has 0 aromatic heterocycles. The Bertz CT molecular complexity index is 668. The Labute approximate surface area is 119 Å². The van der Waals surface area contributed by atoms with Crippen LogP contribution in [0.4, 0.5) is 17.1 Å². The monoisotopic (exact) mass is 289 g/mol. The minimum Gasteiger partial charge on any atom is -0.443 e. The first kappa shape index (κ1) is 14.3. The minimum absolute atomic E-state index is 0.0753. The summed E-state index contributed by atoms with van der Waals surface area (Å²) in [5.41, 5.74) is 5.20. The molecule has 2 aromatic carbocycles. The first-order chi connectivity index (χ1) is 9.91. The molecule has 8 heteroatoms. The Morgan fingerprint density at radius 1 is 0.952 bits per heavy atom. The molecule has 2 N–H and O–H groups in total. The van der Waals surface area contributed by atoms with Crippen LogP contribution in [-0.4, -0.2) is 9.85 Å². The smallest absolute Gasteiger partial charge is 0.334 e. The normalized spacial score (nSPS) is 10.1. The van der Waals surface area contributed by atoms with Gasteiger partial charge in [0.15, 0.2) is 0 Å². The molecule has 0 aliphatic carbocycles. The molecule has 0 bridgehead atoms. The molecule has 0 fully saturated rings. The molecule has 0 aliphatic rings. The average molecular weight is 289 g/mol. The zero-order valence-corrected chi connectivity index (χ0v) is 11.0. The molecule has 2 aromatic rings. The van der Waals surface area contributed by atoms with Crippen molar-refractivity contribution in [1.82, 2.24) is 0 Å². The minimum atomic E-state index is -0.688. The molecular weight excluding hydrogens is 278 g/mol. The zero-order chi connectivity index (χ0) is 15.6. The third-order valence-corrected chi connectivity index (χ3v) is 2.82. The van der Waals surface area contributed by atoms with E-state index in [4.69, 9.17) is 10.5 Å². The van der Waals surface area contributed by atoms with E-state index >= 15 is 0 Å². The standard InChI is InChI=1S/C13H11N3O5/c1-8-4-2-6-10(12(8)15(17)18)21-11-7-3-5-9(14)13(11)16(19)20/h2-7H,14H2,1H3. The van der Waals surface area contributed by atoms with Crippen LogP contribution in [-0.2, 0) is 0 Å². The number of benzene rings is 2. The van der Waals surface area contributed by atoms with Crippen molar-refractivity contribution in [2.45, 2.75) is 6.92 Å². The highest BCUT2D eigenvalue weighted by molar-refractivity contribution is 5.67. The lowest BCUT2D eigenvalue weighted by molar-refractivity contribution is -0.387. The van der Waals surface area contributed by atoms with Crippen molar-refractivity contribution in [3.63, 3.8) is 0 Å². The lowest BCUT2D eigenvalue weighted by Crippen LogP contribution is -2.00. The fourth-order valence-electron chi connectivity index (χ4n) is 1.88. The maximum Gasteiger partial charge on any atom is 0.334 e. The number of nitro benzene ring substituents is 2. The topological polar surface area (TPSA) is 122 Å². The van der Waals surface area contributed by atoms with Gasteiger partial charge in [0, 0.05) is 5.56 Å². The van der Waals surface area contributed by atoms with E-state index in [1.165, 1.54) is 24.3 Å². The molecule has 0 amide bonds. The van der Waals surface area contributed by atoms with E-state index in [1.54, 1.807) is 19.1 Å². The second-order valence-electron chi connectivity index (χ2n) is 4.23. The SMILES string of the molecule is Cc1cccc(Oc2cccc(N)c2[N+](=O)[O-])c1[N+](=O)[O-]. The lowest BCUT2D eigenvalue weighted by atomic mass is 10.2. The van der Waals surface area contributed by atoms with Crippen molar-refractivity contribution in [3.05, 3.63) is 62.2 Å². The number of hydrogen-bond donors (Lipinski definition) is 1. The molecule has 0 heterocycles. The number of para-hydroxylation sites is 2. The van der Waals surface area contributed by atoms with Crippen LogP contribution in [0.1, 0.15) is 5.56 Å². The molecule has 8 nitrogen and oxygen atoms in total. The van der Waals surface area contributed by atoms with E-state index < -0.39 is 15.5 Å². The van der Waals surface area contributed by atoms with Gasteiger partial charge in [-0.3, -0.25) is 20.2 Å². The van der Waals surface area contributed by atoms with Crippen molar-refractivity contribution < 1.29 is 14.6 Å². The predicted molar refractivity (Wildman–Crippen MR) is 75.4 cm³/mol. The summed E-state index contributed by atoms with van der Waals surface area (Å²) < 4.78 is 5.36. The van der Waals surface area contributed by atoms with Gasteiger partial charge in [0.05, 0.1) is 9.85 Å². The number of rotatable bonds is 4. The van der Waals surface area contributed by atoms with E-state index in [1.807, 2.05) is 0 Å². The fourth-order valence-corrected chi connectivity index (χ4v) is 1.88. The van der Waals surface area contributed by atoms with E-state index in [0.29, 0.717) is 5.56 Å². The first-order valence-corrected chi connectivity index (χ1v) is 5.86. The molecule has 0 spiro atoms. The maximum atomic E-state index is 11.1. The molecule has 0 atom stereocenters. The number of nitrogens with zero attached hydrogens (tertiary/aromatic N) is 2. The highest BCUT2D eigenvalue weighted by atomic mass is 16.6. The van der Waals surface area contributed by atoms with Crippen molar-refractivity contribution in [3.8, 4) is 11.5 Å². The molecule has 2 rings (SSSR count). The van der Waals surface area contributed by atoms with Gasteiger partial charge < -0.3 is 10.5 Å². The van der Waals surface area contributed by atoms with Gasteiger partial charge in [-0.1, -0.05) is 18.2 Å². The molecule has 0 radical (unpaired) electrons. The summed E-state index contributed by atoms with van der Waals surface area (Å²) in [4.78, 5) is 20.8. The quantitative estimate of drug-likeness (QED) is 0.524. The summed E-state index contributed by atoms with van der Waals surface area (Å²) in [6.07, 6.45) is 0. The van der Waals surface area contributed by atoms with Gasteiger partial charge in [-0.05, 0) is 25.1 Å². The van der Waals surface area contributed by atoms with Crippen LogP contribution < -0.4 is 10.5 Å². The van der Waals surface area contributed by atoms with Crippen LogP contribution in [0.3, 0.4) is 0 Å². The largest absolute Gasteiger partial charge is 0.443 e. The number of anilines is 1. The second-order valence-corrected chi connectivity index (χ2v) is 4.23. The van der Waals surface area contributed by atoms with Crippen LogP contribution in [0, 0.1) is 27.2 Å². The highest BCUT2D eigenvalue weighted by Gasteiger charge is 2.24. The Hall–Kier alpha value is -3.16. The van der Waals surface area contributed by atoms with Crippen molar-refractivity contribution >= 4 is 17.1 Å². The van der Waals surface area contributed by atoms with Gasteiger partial charge in [-0.2, -0.15) is 0 Å². The molecule has 108 valence electrons. The number of hydrogen-bond acceptors (Lipinski definition) is 6. The van der Waals surface area contributed by atoms with Crippen LogP contribution in [0.2, 0.25) is 0 Å². The van der Waals surface area contributed by atoms with E-state index in [-0.39, 0.29) is 22.9 Å². The van der Waals surface area contributed by atoms with Gasteiger partial charge in [-0.25, -0.2) is 0 Å². The second kappa shape index (κ2) is 5.45. The maximum absolute atomic E-state index is 11.1. The van der Waals surface area contributed by atoms with E-state index in [2.05, 4.69) is 0 Å². The Morgan fingerprint density at radius 2 is 1.48 bits per heavy atom. The third-order valence-electron chi connectivity index (χ3n) is 2.82. The number of nitrogens with two attached hydrogens (primary N) is 1. The molecule has 0 saturated carbocycles. The van der Waals surface area contributed by atoms with Gasteiger partial charge in [0.25, 0.3) is 0 Å².